The maximum absolute atomic E-state index is 11.6. The molecule has 0 saturated carbocycles. The Hall–Kier alpha value is -1.03. The molecule has 3 nitrogen and oxygen atoms in total. The Kier molecular flexibility index (Phi) is 3.95. The molecule has 0 amide bonds. The van der Waals surface area contributed by atoms with E-state index in [9.17, 15) is 4.21 Å². The lowest BCUT2D eigenvalue weighted by molar-refractivity contribution is 0.339. The van der Waals surface area contributed by atoms with Crippen LogP contribution in [-0.4, -0.2) is 16.6 Å². The van der Waals surface area contributed by atoms with Crippen molar-refractivity contribution >= 4 is 16.5 Å². The van der Waals surface area contributed by atoms with Crippen LogP contribution in [0.15, 0.2) is 23.1 Å². The van der Waals surface area contributed by atoms with Crippen molar-refractivity contribution in [2.45, 2.75) is 18.7 Å². The first-order chi connectivity index (χ1) is 6.69. The van der Waals surface area contributed by atoms with E-state index in [1.54, 1.807) is 18.2 Å². The molecule has 0 aliphatic heterocycles. The molecule has 0 aromatic heterocycles. The second kappa shape index (κ2) is 5.00. The first-order valence-electron chi connectivity index (χ1n) is 4.59. The highest BCUT2D eigenvalue weighted by Crippen LogP contribution is 2.22. The number of ether oxygens (including phenoxy) is 1. The zero-order valence-corrected chi connectivity index (χ0v) is 9.26. The molecule has 1 unspecified atom stereocenters. The summed E-state index contributed by atoms with van der Waals surface area (Å²) in [6, 6.07) is 5.27. The highest BCUT2D eigenvalue weighted by atomic mass is 32.2. The average Bonchev–Trinajstić information content (AvgIpc) is 2.20. The van der Waals surface area contributed by atoms with Crippen molar-refractivity contribution in [2.24, 2.45) is 0 Å². The van der Waals surface area contributed by atoms with Gasteiger partial charge in [-0.05, 0) is 25.1 Å². The summed E-state index contributed by atoms with van der Waals surface area (Å²) < 4.78 is 16.9. The number of rotatable bonds is 4. The van der Waals surface area contributed by atoms with Crippen LogP contribution in [0.25, 0.3) is 0 Å². The molecule has 1 aromatic rings. The molecule has 0 radical (unpaired) electrons. The molecule has 0 bridgehead atoms. The van der Waals surface area contributed by atoms with Crippen molar-refractivity contribution < 1.29 is 8.95 Å². The van der Waals surface area contributed by atoms with Gasteiger partial charge in [-0.2, -0.15) is 0 Å². The molecular formula is C10H15NO2S. The second-order valence-electron chi connectivity index (χ2n) is 2.77. The molecule has 1 rings (SSSR count). The minimum absolute atomic E-state index is 0.564. The zero-order valence-electron chi connectivity index (χ0n) is 8.45. The van der Waals surface area contributed by atoms with E-state index in [0.29, 0.717) is 22.9 Å². The molecule has 0 saturated heterocycles. The zero-order chi connectivity index (χ0) is 10.6. The Morgan fingerprint density at radius 1 is 1.43 bits per heavy atom. The fraction of sp³-hybridized carbons (Fsp3) is 0.400. The minimum Gasteiger partial charge on any atom is -0.494 e. The third-order valence-corrected chi connectivity index (χ3v) is 3.17. The largest absolute Gasteiger partial charge is 0.494 e. The third-order valence-electron chi connectivity index (χ3n) is 1.80. The smallest absolute Gasteiger partial charge is 0.120 e. The molecule has 14 heavy (non-hydrogen) atoms. The van der Waals surface area contributed by atoms with Crippen LogP contribution in [-0.2, 0) is 10.8 Å². The summed E-state index contributed by atoms with van der Waals surface area (Å²) in [4.78, 5) is 0.665. The highest BCUT2D eigenvalue weighted by molar-refractivity contribution is 7.85. The van der Waals surface area contributed by atoms with Gasteiger partial charge in [-0.25, -0.2) is 0 Å². The van der Waals surface area contributed by atoms with E-state index in [2.05, 4.69) is 0 Å². The standard InChI is InChI=1S/C10H15NO2S/c1-3-13-8-5-6-9(11)10(7-8)14(12)4-2/h5-7H,3-4,11H2,1-2H3. The normalized spacial score (nSPS) is 12.4. The van der Waals surface area contributed by atoms with Gasteiger partial charge in [0.25, 0.3) is 0 Å². The number of anilines is 1. The number of nitrogen functional groups attached to an aromatic ring is 1. The maximum atomic E-state index is 11.6. The van der Waals surface area contributed by atoms with Crippen LogP contribution in [0.5, 0.6) is 5.75 Å². The molecule has 0 fully saturated rings. The molecule has 1 atom stereocenters. The van der Waals surface area contributed by atoms with Gasteiger partial charge < -0.3 is 10.5 Å². The van der Waals surface area contributed by atoms with Crippen molar-refractivity contribution in [3.05, 3.63) is 18.2 Å². The number of benzene rings is 1. The van der Waals surface area contributed by atoms with Gasteiger partial charge in [0.2, 0.25) is 0 Å². The molecule has 4 heteroatoms. The fourth-order valence-corrected chi connectivity index (χ4v) is 2.01. The SMILES string of the molecule is CCOc1ccc(N)c(S(=O)CC)c1. The van der Waals surface area contributed by atoms with Crippen LogP contribution >= 0.6 is 0 Å². The fourth-order valence-electron chi connectivity index (χ4n) is 1.12. The summed E-state index contributed by atoms with van der Waals surface area (Å²) in [6.07, 6.45) is 0. The van der Waals surface area contributed by atoms with E-state index >= 15 is 0 Å². The maximum Gasteiger partial charge on any atom is 0.120 e. The quantitative estimate of drug-likeness (QED) is 0.776. The van der Waals surface area contributed by atoms with Crippen molar-refractivity contribution in [2.75, 3.05) is 18.1 Å². The van der Waals surface area contributed by atoms with Gasteiger partial charge in [0, 0.05) is 11.4 Å². The van der Waals surface area contributed by atoms with E-state index < -0.39 is 10.8 Å². The Morgan fingerprint density at radius 3 is 2.71 bits per heavy atom. The summed E-state index contributed by atoms with van der Waals surface area (Å²) in [6.45, 7) is 4.37. The lowest BCUT2D eigenvalue weighted by Crippen LogP contribution is -2.01. The first kappa shape index (κ1) is 11.0. The van der Waals surface area contributed by atoms with Gasteiger partial charge in [-0.3, -0.25) is 4.21 Å². The molecule has 0 spiro atoms. The van der Waals surface area contributed by atoms with E-state index in [4.69, 9.17) is 10.5 Å². The second-order valence-corrected chi connectivity index (χ2v) is 4.48. The summed E-state index contributed by atoms with van der Waals surface area (Å²) in [5, 5.41) is 0. The predicted octanol–water partition coefficient (Wildman–Crippen LogP) is 1.80. The highest BCUT2D eigenvalue weighted by Gasteiger charge is 2.07. The van der Waals surface area contributed by atoms with Gasteiger partial charge in [0.1, 0.15) is 5.75 Å². The van der Waals surface area contributed by atoms with Crippen molar-refractivity contribution in [1.82, 2.24) is 0 Å². The average molecular weight is 213 g/mol. The van der Waals surface area contributed by atoms with Gasteiger partial charge in [0.05, 0.1) is 22.3 Å². The van der Waals surface area contributed by atoms with Gasteiger partial charge in [-0.15, -0.1) is 0 Å². The number of hydrogen-bond donors (Lipinski definition) is 1. The van der Waals surface area contributed by atoms with Crippen molar-refractivity contribution in [1.29, 1.82) is 0 Å². The molecule has 0 aliphatic rings. The van der Waals surface area contributed by atoms with E-state index in [-0.39, 0.29) is 0 Å². The van der Waals surface area contributed by atoms with Crippen LogP contribution in [0.4, 0.5) is 5.69 Å². The Balaban J connectivity index is 3.01. The van der Waals surface area contributed by atoms with Gasteiger partial charge in [-0.1, -0.05) is 6.92 Å². The summed E-state index contributed by atoms with van der Waals surface area (Å²) >= 11 is 0. The molecular weight excluding hydrogens is 198 g/mol. The van der Waals surface area contributed by atoms with Crippen LogP contribution < -0.4 is 10.5 Å². The Labute approximate surface area is 86.7 Å². The topological polar surface area (TPSA) is 52.3 Å². The van der Waals surface area contributed by atoms with Crippen LogP contribution in [0.3, 0.4) is 0 Å². The van der Waals surface area contributed by atoms with Gasteiger partial charge in [0.15, 0.2) is 0 Å². The minimum atomic E-state index is -1.02. The molecule has 78 valence electrons. The van der Waals surface area contributed by atoms with E-state index in [0.717, 1.165) is 5.75 Å². The third kappa shape index (κ3) is 2.48. The molecule has 0 aliphatic carbocycles. The van der Waals surface area contributed by atoms with E-state index in [1.807, 2.05) is 13.8 Å². The summed E-state index contributed by atoms with van der Waals surface area (Å²) in [5.41, 5.74) is 6.28. The van der Waals surface area contributed by atoms with E-state index in [1.165, 1.54) is 0 Å². The predicted molar refractivity (Wildman–Crippen MR) is 59.0 cm³/mol. The van der Waals surface area contributed by atoms with Crippen LogP contribution in [0.2, 0.25) is 0 Å². The summed E-state index contributed by atoms with van der Waals surface area (Å²) in [7, 11) is -1.02. The number of nitrogens with two attached hydrogens (primary N) is 1. The Morgan fingerprint density at radius 2 is 2.14 bits per heavy atom. The van der Waals surface area contributed by atoms with Crippen molar-refractivity contribution in [3.63, 3.8) is 0 Å². The van der Waals surface area contributed by atoms with Gasteiger partial charge >= 0.3 is 0 Å². The monoisotopic (exact) mass is 213 g/mol. The molecule has 1 aromatic carbocycles. The lowest BCUT2D eigenvalue weighted by atomic mass is 10.3. The Bertz CT molecular complexity index is 339. The van der Waals surface area contributed by atoms with Crippen LogP contribution in [0, 0.1) is 0 Å². The lowest BCUT2D eigenvalue weighted by Gasteiger charge is -2.07. The number of hydrogen-bond acceptors (Lipinski definition) is 3. The summed E-state index contributed by atoms with van der Waals surface area (Å²) in [5.74, 6) is 1.29. The van der Waals surface area contributed by atoms with Crippen molar-refractivity contribution in [3.8, 4) is 5.75 Å². The van der Waals surface area contributed by atoms with Crippen LogP contribution in [0.1, 0.15) is 13.8 Å². The first-order valence-corrected chi connectivity index (χ1v) is 5.91. The molecule has 0 heterocycles. The molecule has 2 N–H and O–H groups in total.